The molecule has 0 spiro atoms. The summed E-state index contributed by atoms with van der Waals surface area (Å²) >= 11 is 0. The van der Waals surface area contributed by atoms with Crippen LogP contribution in [0.5, 0.6) is 11.5 Å². The van der Waals surface area contributed by atoms with Gasteiger partial charge in [-0.25, -0.2) is 0 Å². The molecule has 5 nitrogen and oxygen atoms in total. The molecule has 1 unspecified atom stereocenters. The minimum Gasteiger partial charge on any atom is -0.485 e. The van der Waals surface area contributed by atoms with Crippen molar-refractivity contribution in [3.63, 3.8) is 0 Å². The van der Waals surface area contributed by atoms with E-state index in [2.05, 4.69) is 5.32 Å². The minimum atomic E-state index is -0.503. The monoisotopic (exact) mass is 274 g/mol. The van der Waals surface area contributed by atoms with E-state index in [9.17, 15) is 4.79 Å². The van der Waals surface area contributed by atoms with Crippen molar-refractivity contribution in [3.8, 4) is 11.5 Å². The van der Waals surface area contributed by atoms with Crippen LogP contribution in [-0.4, -0.2) is 49.7 Å². The highest BCUT2D eigenvalue weighted by Gasteiger charge is 2.41. The quantitative estimate of drug-likeness (QED) is 0.810. The van der Waals surface area contributed by atoms with Gasteiger partial charge in [0.25, 0.3) is 5.91 Å². The summed E-state index contributed by atoms with van der Waals surface area (Å²) in [6, 6.07) is 7.50. The lowest BCUT2D eigenvalue weighted by molar-refractivity contribution is -0.140. The van der Waals surface area contributed by atoms with Gasteiger partial charge in [-0.3, -0.25) is 4.79 Å². The van der Waals surface area contributed by atoms with Crippen LogP contribution >= 0.6 is 0 Å². The molecular weight excluding hydrogens is 256 g/mol. The Morgan fingerprint density at radius 1 is 1.15 bits per heavy atom. The average Bonchev–Trinajstić information content (AvgIpc) is 3.07. The van der Waals surface area contributed by atoms with E-state index in [0.29, 0.717) is 24.2 Å². The molecule has 0 saturated carbocycles. The molecule has 4 rings (SSSR count). The molecule has 1 aromatic carbocycles. The third-order valence-electron chi connectivity index (χ3n) is 4.49. The number of hydrogen-bond acceptors (Lipinski definition) is 4. The minimum absolute atomic E-state index is 0.0638. The SMILES string of the molecule is O=C(C1COc2ccccc2O1)N1C[C@H]2CNC[C@H]2C1. The molecular formula is C15H18N2O3. The number of carbonyl (C=O) groups excluding carboxylic acids is 1. The molecule has 3 heterocycles. The standard InChI is InChI=1S/C15H18N2O3/c18-15(17-7-10-5-16-6-11(10)8-17)14-9-19-12-3-1-2-4-13(12)20-14/h1-4,10-11,14,16H,5-9H2/t10-,11+,14?. The van der Waals surface area contributed by atoms with E-state index < -0.39 is 6.10 Å². The molecule has 0 bridgehead atoms. The Kier molecular flexibility index (Phi) is 2.80. The van der Waals surface area contributed by atoms with Gasteiger partial charge in [0.1, 0.15) is 6.61 Å². The van der Waals surface area contributed by atoms with Crippen LogP contribution in [0.1, 0.15) is 0 Å². The van der Waals surface area contributed by atoms with E-state index >= 15 is 0 Å². The highest BCUT2D eigenvalue weighted by molar-refractivity contribution is 5.82. The zero-order valence-corrected chi connectivity index (χ0v) is 11.2. The van der Waals surface area contributed by atoms with E-state index in [1.807, 2.05) is 29.2 Å². The highest BCUT2D eigenvalue weighted by Crippen LogP contribution is 2.32. The van der Waals surface area contributed by atoms with Crippen LogP contribution in [0, 0.1) is 11.8 Å². The summed E-state index contributed by atoms with van der Waals surface area (Å²) in [6.45, 7) is 4.05. The van der Waals surface area contributed by atoms with Crippen molar-refractivity contribution in [1.82, 2.24) is 10.2 Å². The highest BCUT2D eigenvalue weighted by atomic mass is 16.6. The molecule has 1 amide bonds. The second kappa shape index (κ2) is 4.66. The molecule has 1 N–H and O–H groups in total. The molecule has 3 atom stereocenters. The molecule has 0 aromatic heterocycles. The van der Waals surface area contributed by atoms with Crippen LogP contribution in [0.4, 0.5) is 0 Å². The second-order valence-electron chi connectivity index (χ2n) is 5.79. The zero-order valence-electron chi connectivity index (χ0n) is 11.2. The van der Waals surface area contributed by atoms with Gasteiger partial charge < -0.3 is 19.7 Å². The Labute approximate surface area is 117 Å². The molecule has 3 aliphatic rings. The molecule has 5 heteroatoms. The number of para-hydroxylation sites is 2. The molecule has 3 aliphatic heterocycles. The smallest absolute Gasteiger partial charge is 0.267 e. The second-order valence-corrected chi connectivity index (χ2v) is 5.79. The van der Waals surface area contributed by atoms with E-state index in [-0.39, 0.29) is 5.91 Å². The predicted molar refractivity (Wildman–Crippen MR) is 72.8 cm³/mol. The van der Waals surface area contributed by atoms with E-state index in [1.165, 1.54) is 0 Å². The number of benzene rings is 1. The first kappa shape index (κ1) is 12.0. The number of likely N-dealkylation sites (tertiary alicyclic amines) is 1. The summed E-state index contributed by atoms with van der Waals surface area (Å²) in [6.07, 6.45) is -0.503. The number of nitrogens with zero attached hydrogens (tertiary/aromatic N) is 1. The summed E-state index contributed by atoms with van der Waals surface area (Å²) in [5.74, 6) is 2.66. The fourth-order valence-corrected chi connectivity index (χ4v) is 3.38. The summed E-state index contributed by atoms with van der Waals surface area (Å²) < 4.78 is 11.4. The van der Waals surface area contributed by atoms with Crippen LogP contribution < -0.4 is 14.8 Å². The number of fused-ring (bicyclic) bond motifs is 2. The molecule has 20 heavy (non-hydrogen) atoms. The third kappa shape index (κ3) is 1.93. The van der Waals surface area contributed by atoms with Crippen molar-refractivity contribution in [2.45, 2.75) is 6.10 Å². The van der Waals surface area contributed by atoms with Crippen LogP contribution in [0.2, 0.25) is 0 Å². The Bertz CT molecular complexity index is 522. The Morgan fingerprint density at radius 3 is 2.60 bits per heavy atom. The van der Waals surface area contributed by atoms with Crippen molar-refractivity contribution in [2.75, 3.05) is 32.8 Å². The lowest BCUT2D eigenvalue weighted by Gasteiger charge is -2.29. The fraction of sp³-hybridized carbons (Fsp3) is 0.533. The van der Waals surface area contributed by atoms with Crippen molar-refractivity contribution in [3.05, 3.63) is 24.3 Å². The van der Waals surface area contributed by atoms with Crippen molar-refractivity contribution < 1.29 is 14.3 Å². The maximum absolute atomic E-state index is 12.5. The van der Waals surface area contributed by atoms with Crippen LogP contribution in [0.3, 0.4) is 0 Å². The predicted octanol–water partition coefficient (Wildman–Crippen LogP) is 0.504. The molecule has 106 valence electrons. The number of amides is 1. The zero-order chi connectivity index (χ0) is 13.5. The molecule has 2 saturated heterocycles. The van der Waals surface area contributed by atoms with Gasteiger partial charge in [-0.15, -0.1) is 0 Å². The number of rotatable bonds is 1. The molecule has 0 radical (unpaired) electrons. The maximum atomic E-state index is 12.5. The molecule has 2 fully saturated rings. The van der Waals surface area contributed by atoms with Gasteiger partial charge in [0.2, 0.25) is 6.10 Å². The summed E-state index contributed by atoms with van der Waals surface area (Å²) in [5.41, 5.74) is 0. The van der Waals surface area contributed by atoms with Gasteiger partial charge in [0.05, 0.1) is 0 Å². The lowest BCUT2D eigenvalue weighted by atomic mass is 10.0. The third-order valence-corrected chi connectivity index (χ3v) is 4.49. The van der Waals surface area contributed by atoms with Crippen molar-refractivity contribution in [1.29, 1.82) is 0 Å². The first-order valence-electron chi connectivity index (χ1n) is 7.19. The topological polar surface area (TPSA) is 50.8 Å². The van der Waals surface area contributed by atoms with Gasteiger partial charge in [-0.1, -0.05) is 12.1 Å². The number of hydrogen-bond donors (Lipinski definition) is 1. The van der Waals surface area contributed by atoms with Crippen LogP contribution in [0.25, 0.3) is 0 Å². The van der Waals surface area contributed by atoms with Gasteiger partial charge in [-0.05, 0) is 24.0 Å². The van der Waals surface area contributed by atoms with E-state index in [4.69, 9.17) is 9.47 Å². The first-order chi connectivity index (χ1) is 9.81. The van der Waals surface area contributed by atoms with Gasteiger partial charge in [0, 0.05) is 26.2 Å². The molecule has 1 aromatic rings. The lowest BCUT2D eigenvalue weighted by Crippen LogP contribution is -2.46. The maximum Gasteiger partial charge on any atom is 0.267 e. The van der Waals surface area contributed by atoms with E-state index in [1.54, 1.807) is 0 Å². The van der Waals surface area contributed by atoms with Gasteiger partial charge in [0.15, 0.2) is 11.5 Å². The summed E-state index contributed by atoms with van der Waals surface area (Å²) in [5, 5.41) is 3.38. The molecule has 0 aliphatic carbocycles. The van der Waals surface area contributed by atoms with Gasteiger partial charge >= 0.3 is 0 Å². The fourth-order valence-electron chi connectivity index (χ4n) is 3.38. The Hall–Kier alpha value is -1.75. The van der Waals surface area contributed by atoms with E-state index in [0.717, 1.165) is 31.9 Å². The van der Waals surface area contributed by atoms with Crippen LogP contribution in [0.15, 0.2) is 24.3 Å². The normalized spacial score (nSPS) is 31.2. The first-order valence-corrected chi connectivity index (χ1v) is 7.19. The van der Waals surface area contributed by atoms with Crippen LogP contribution in [-0.2, 0) is 4.79 Å². The average molecular weight is 274 g/mol. The summed E-state index contributed by atoms with van der Waals surface area (Å²) in [4.78, 5) is 14.5. The number of carbonyl (C=O) groups is 1. The Balaban J connectivity index is 1.45. The Morgan fingerprint density at radius 2 is 1.85 bits per heavy atom. The van der Waals surface area contributed by atoms with Crippen molar-refractivity contribution in [2.24, 2.45) is 11.8 Å². The van der Waals surface area contributed by atoms with Crippen molar-refractivity contribution >= 4 is 5.91 Å². The number of ether oxygens (including phenoxy) is 2. The largest absolute Gasteiger partial charge is 0.485 e. The van der Waals surface area contributed by atoms with Gasteiger partial charge in [-0.2, -0.15) is 0 Å². The number of nitrogens with one attached hydrogen (secondary N) is 1. The summed E-state index contributed by atoms with van der Waals surface area (Å²) in [7, 11) is 0.